The van der Waals surface area contributed by atoms with E-state index in [-0.39, 0.29) is 17.9 Å². The minimum absolute atomic E-state index is 0.107. The van der Waals surface area contributed by atoms with Crippen LogP contribution in [0.15, 0.2) is 5.38 Å². The minimum atomic E-state index is -0.346. The van der Waals surface area contributed by atoms with Crippen LogP contribution < -0.4 is 5.32 Å². The van der Waals surface area contributed by atoms with Gasteiger partial charge in [0.2, 0.25) is 11.8 Å². The summed E-state index contributed by atoms with van der Waals surface area (Å²) in [6.45, 7) is 5.04. The highest BCUT2D eigenvalue weighted by Crippen LogP contribution is 2.32. The number of nitrogens with one attached hydrogen (secondary N) is 1. The van der Waals surface area contributed by atoms with Crippen LogP contribution in [-0.2, 0) is 9.59 Å². The van der Waals surface area contributed by atoms with Crippen molar-refractivity contribution in [2.24, 2.45) is 5.92 Å². The Hall–Kier alpha value is -1.43. The monoisotopic (exact) mass is 349 g/mol. The molecule has 6 heteroatoms. The lowest BCUT2D eigenvalue weighted by Crippen LogP contribution is -2.53. The van der Waals surface area contributed by atoms with E-state index in [9.17, 15) is 9.59 Å². The Morgan fingerprint density at radius 1 is 1.29 bits per heavy atom. The first-order valence-electron chi connectivity index (χ1n) is 9.02. The number of nitrogens with zero attached hydrogens (tertiary/aromatic N) is 2. The zero-order valence-electron chi connectivity index (χ0n) is 14.6. The third-order valence-electron chi connectivity index (χ3n) is 5.22. The van der Waals surface area contributed by atoms with Gasteiger partial charge >= 0.3 is 0 Å². The van der Waals surface area contributed by atoms with E-state index in [4.69, 9.17) is 0 Å². The Labute approximate surface area is 147 Å². The van der Waals surface area contributed by atoms with Crippen molar-refractivity contribution in [3.63, 3.8) is 0 Å². The van der Waals surface area contributed by atoms with Crippen molar-refractivity contribution < 1.29 is 9.59 Å². The Bertz CT molecular complexity index is 595. The minimum Gasteiger partial charge on any atom is -0.344 e. The molecule has 1 N–H and O–H groups in total. The van der Waals surface area contributed by atoms with Crippen LogP contribution in [0.25, 0.3) is 0 Å². The van der Waals surface area contributed by atoms with Gasteiger partial charge in [-0.2, -0.15) is 0 Å². The second-order valence-electron chi connectivity index (χ2n) is 7.17. The lowest BCUT2D eigenvalue weighted by atomic mass is 9.93. The molecule has 2 atom stereocenters. The van der Waals surface area contributed by atoms with E-state index in [0.29, 0.717) is 11.8 Å². The zero-order valence-corrected chi connectivity index (χ0v) is 15.4. The molecule has 2 fully saturated rings. The molecule has 0 spiro atoms. The van der Waals surface area contributed by atoms with E-state index in [1.807, 2.05) is 11.8 Å². The molecule has 0 bridgehead atoms. The summed E-state index contributed by atoms with van der Waals surface area (Å²) in [5, 5.41) is 6.15. The number of piperidine rings is 1. The van der Waals surface area contributed by atoms with Crippen molar-refractivity contribution in [2.75, 3.05) is 13.1 Å². The molecule has 0 aromatic carbocycles. The van der Waals surface area contributed by atoms with Crippen LogP contribution in [0, 0.1) is 12.8 Å². The molecule has 24 heavy (non-hydrogen) atoms. The summed E-state index contributed by atoms with van der Waals surface area (Å²) in [7, 11) is 0. The topological polar surface area (TPSA) is 62.3 Å². The number of aryl methyl sites for hydroxylation is 1. The van der Waals surface area contributed by atoms with Gasteiger partial charge < -0.3 is 10.2 Å². The number of hydrogen-bond donors (Lipinski definition) is 1. The Morgan fingerprint density at radius 3 is 2.67 bits per heavy atom. The predicted octanol–water partition coefficient (Wildman–Crippen LogP) is 2.85. The molecule has 3 rings (SSSR count). The normalized spacial score (nSPS) is 23.2. The fourth-order valence-electron chi connectivity index (χ4n) is 4.03. The van der Waals surface area contributed by atoms with Crippen LogP contribution in [0.2, 0.25) is 0 Å². The van der Waals surface area contributed by atoms with E-state index in [2.05, 4.69) is 15.7 Å². The van der Waals surface area contributed by atoms with Crippen LogP contribution in [-0.4, -0.2) is 40.8 Å². The first-order chi connectivity index (χ1) is 11.5. The maximum absolute atomic E-state index is 13.1. The van der Waals surface area contributed by atoms with Gasteiger partial charge in [-0.15, -0.1) is 11.3 Å². The second kappa shape index (κ2) is 7.64. The summed E-state index contributed by atoms with van der Waals surface area (Å²) in [4.78, 5) is 31.3. The van der Waals surface area contributed by atoms with Gasteiger partial charge in [0, 0.05) is 37.0 Å². The lowest BCUT2D eigenvalue weighted by molar-refractivity contribution is -0.138. The van der Waals surface area contributed by atoms with Crippen molar-refractivity contribution in [1.82, 2.24) is 15.2 Å². The van der Waals surface area contributed by atoms with Gasteiger partial charge in [0.25, 0.3) is 0 Å². The van der Waals surface area contributed by atoms with Gasteiger partial charge in [0.1, 0.15) is 6.04 Å². The average molecular weight is 350 g/mol. The number of carbonyl (C=O) groups excluding carboxylic acids is 2. The van der Waals surface area contributed by atoms with E-state index >= 15 is 0 Å². The fraction of sp³-hybridized carbons (Fsp3) is 0.722. The predicted molar refractivity (Wildman–Crippen MR) is 95.0 cm³/mol. The molecule has 2 aliphatic rings. The Kier molecular flexibility index (Phi) is 5.54. The average Bonchev–Trinajstić information content (AvgIpc) is 3.23. The number of amides is 2. The van der Waals surface area contributed by atoms with Gasteiger partial charge in [-0.05, 0) is 38.5 Å². The van der Waals surface area contributed by atoms with Gasteiger partial charge in [-0.1, -0.05) is 12.8 Å². The van der Waals surface area contributed by atoms with Gasteiger partial charge in [0.15, 0.2) is 0 Å². The van der Waals surface area contributed by atoms with Crippen molar-refractivity contribution in [3.05, 3.63) is 16.1 Å². The molecule has 1 aromatic heterocycles. The molecule has 1 aliphatic heterocycles. The molecule has 1 saturated heterocycles. The van der Waals surface area contributed by atoms with E-state index in [0.717, 1.165) is 62.3 Å². The molecule has 2 heterocycles. The van der Waals surface area contributed by atoms with Crippen LogP contribution in [0.4, 0.5) is 0 Å². The molecule has 0 unspecified atom stereocenters. The van der Waals surface area contributed by atoms with Gasteiger partial charge in [0.05, 0.1) is 5.01 Å². The molecule has 1 saturated carbocycles. The van der Waals surface area contributed by atoms with Crippen molar-refractivity contribution >= 4 is 23.2 Å². The summed E-state index contributed by atoms with van der Waals surface area (Å²) in [5.74, 6) is 0.631. The highest BCUT2D eigenvalue weighted by molar-refractivity contribution is 7.09. The van der Waals surface area contributed by atoms with Crippen LogP contribution in [0.1, 0.15) is 62.1 Å². The Morgan fingerprint density at radius 2 is 2.04 bits per heavy atom. The number of aromatic nitrogens is 1. The van der Waals surface area contributed by atoms with Crippen molar-refractivity contribution in [1.29, 1.82) is 0 Å². The third kappa shape index (κ3) is 3.97. The standard InChI is InChI=1S/C18H27N3O2S/c1-12-11-24-17(19-12)15-8-5-9-21(10-15)18(23)16(20-13(2)22)14-6-3-4-7-14/h11,14-16H,3-10H2,1-2H3,(H,20,22)/t15-,16-/m0/s1. The van der Waals surface area contributed by atoms with Crippen LogP contribution in [0.3, 0.4) is 0 Å². The molecular formula is C18H27N3O2S. The van der Waals surface area contributed by atoms with Gasteiger partial charge in [-0.25, -0.2) is 4.98 Å². The van der Waals surface area contributed by atoms with Crippen molar-refractivity contribution in [3.8, 4) is 0 Å². The number of hydrogen-bond acceptors (Lipinski definition) is 4. The first kappa shape index (κ1) is 17.4. The summed E-state index contributed by atoms with van der Waals surface area (Å²) in [6, 6.07) is -0.346. The fourth-order valence-corrected chi connectivity index (χ4v) is 4.95. The van der Waals surface area contributed by atoms with Crippen molar-refractivity contribution in [2.45, 2.75) is 64.3 Å². The summed E-state index contributed by atoms with van der Waals surface area (Å²) < 4.78 is 0. The largest absolute Gasteiger partial charge is 0.344 e. The molecule has 132 valence electrons. The quantitative estimate of drug-likeness (QED) is 0.909. The smallest absolute Gasteiger partial charge is 0.245 e. The number of likely N-dealkylation sites (tertiary alicyclic amines) is 1. The molecule has 1 aromatic rings. The molecule has 5 nitrogen and oxygen atoms in total. The Balaban J connectivity index is 1.70. The summed E-state index contributed by atoms with van der Waals surface area (Å²) in [5.41, 5.74) is 1.06. The molecular weight excluding hydrogens is 322 g/mol. The highest BCUT2D eigenvalue weighted by atomic mass is 32.1. The zero-order chi connectivity index (χ0) is 17.1. The summed E-state index contributed by atoms with van der Waals surface area (Å²) >= 11 is 1.70. The number of rotatable bonds is 4. The van der Waals surface area contributed by atoms with Gasteiger partial charge in [-0.3, -0.25) is 9.59 Å². The SMILES string of the molecule is CC(=O)N[C@H](C(=O)N1CCC[C@H](c2nc(C)cs2)C1)C1CCCC1. The number of carbonyl (C=O) groups is 2. The van der Waals surface area contributed by atoms with E-state index < -0.39 is 0 Å². The van der Waals surface area contributed by atoms with Crippen LogP contribution >= 0.6 is 11.3 Å². The number of thiazole rings is 1. The summed E-state index contributed by atoms with van der Waals surface area (Å²) in [6.07, 6.45) is 6.50. The maximum atomic E-state index is 13.1. The molecule has 1 aliphatic carbocycles. The van der Waals surface area contributed by atoms with E-state index in [1.165, 1.54) is 6.92 Å². The molecule has 0 radical (unpaired) electrons. The molecule has 2 amide bonds. The second-order valence-corrected chi connectivity index (χ2v) is 8.06. The van der Waals surface area contributed by atoms with E-state index in [1.54, 1.807) is 11.3 Å². The lowest BCUT2D eigenvalue weighted by Gasteiger charge is -2.36. The maximum Gasteiger partial charge on any atom is 0.245 e. The van der Waals surface area contributed by atoms with Crippen LogP contribution in [0.5, 0.6) is 0 Å². The first-order valence-corrected chi connectivity index (χ1v) is 9.90. The third-order valence-corrected chi connectivity index (χ3v) is 6.34. The highest BCUT2D eigenvalue weighted by Gasteiger charge is 2.36.